The number of nitrogens with one attached hydrogen (secondary N) is 2. The van der Waals surface area contributed by atoms with Crippen LogP contribution in [0.15, 0.2) is 30.3 Å². The molecule has 2 N–H and O–H groups in total. The third-order valence-electron chi connectivity index (χ3n) is 5.44. The van der Waals surface area contributed by atoms with Crippen molar-refractivity contribution in [1.82, 2.24) is 20.7 Å². The second-order valence-corrected chi connectivity index (χ2v) is 7.19. The van der Waals surface area contributed by atoms with Crippen molar-refractivity contribution in [3.63, 3.8) is 0 Å². The van der Waals surface area contributed by atoms with Crippen molar-refractivity contribution in [2.45, 2.75) is 38.6 Å². The Labute approximate surface area is 166 Å². The Morgan fingerprint density at radius 3 is 2.82 bits per heavy atom. The number of rotatable bonds is 8. The molecule has 2 heterocycles. The van der Waals surface area contributed by atoms with Crippen LogP contribution in [0.3, 0.4) is 0 Å². The number of methoxy groups -OCH3 is 1. The van der Waals surface area contributed by atoms with E-state index in [0.29, 0.717) is 25.6 Å². The molecule has 3 rings (SSSR count). The molecule has 1 aromatic carbocycles. The first-order valence-corrected chi connectivity index (χ1v) is 10.0. The average Bonchev–Trinajstić information content (AvgIpc) is 3.19. The van der Waals surface area contributed by atoms with E-state index >= 15 is 0 Å². The van der Waals surface area contributed by atoms with Gasteiger partial charge in [-0.15, -0.1) is 0 Å². The zero-order valence-corrected chi connectivity index (χ0v) is 16.7. The maximum Gasteiger partial charge on any atom is 0.244 e. The van der Waals surface area contributed by atoms with Crippen LogP contribution in [0.4, 0.5) is 0 Å². The van der Waals surface area contributed by atoms with E-state index < -0.39 is 0 Å². The fourth-order valence-corrected chi connectivity index (χ4v) is 3.76. The van der Waals surface area contributed by atoms with E-state index in [-0.39, 0.29) is 18.2 Å². The Hall–Kier alpha value is -2.54. The lowest BCUT2D eigenvalue weighted by Crippen LogP contribution is -2.46. The standard InChI is InChI=1S/C21H30N4O3/c1-3-24-13-4-5-17(24)15-22-20(26)12-14-25-21(27)11-10-19(23-25)16-6-8-18(28-2)9-7-16/h6-10,17,23H,3-5,11-15H2,1-2H3,(H,22,26). The predicted molar refractivity (Wildman–Crippen MR) is 108 cm³/mol. The van der Waals surface area contributed by atoms with Crippen LogP contribution in [0.2, 0.25) is 0 Å². The van der Waals surface area contributed by atoms with Gasteiger partial charge in [0, 0.05) is 25.4 Å². The van der Waals surface area contributed by atoms with Gasteiger partial charge in [-0.05, 0) is 61.8 Å². The molecule has 0 aliphatic carbocycles. The van der Waals surface area contributed by atoms with Crippen LogP contribution in [-0.2, 0) is 9.59 Å². The van der Waals surface area contributed by atoms with E-state index in [1.165, 1.54) is 11.4 Å². The molecule has 1 atom stereocenters. The first kappa shape index (κ1) is 20.2. The lowest BCUT2D eigenvalue weighted by atomic mass is 10.1. The quantitative estimate of drug-likeness (QED) is 0.712. The molecule has 1 aromatic rings. The zero-order chi connectivity index (χ0) is 19.9. The highest BCUT2D eigenvalue weighted by Crippen LogP contribution is 2.20. The SMILES string of the molecule is CCN1CCCC1CNC(=O)CCN1NC(c2ccc(OC)cc2)=CCC1=O. The number of hydrogen-bond acceptors (Lipinski definition) is 5. The molecule has 7 nitrogen and oxygen atoms in total. The molecule has 0 aromatic heterocycles. The molecule has 28 heavy (non-hydrogen) atoms. The highest BCUT2D eigenvalue weighted by Gasteiger charge is 2.24. The van der Waals surface area contributed by atoms with Crippen LogP contribution >= 0.6 is 0 Å². The number of likely N-dealkylation sites (tertiary alicyclic amines) is 1. The summed E-state index contributed by atoms with van der Waals surface area (Å²) in [5, 5.41) is 4.56. The molecular formula is C21H30N4O3. The molecule has 7 heteroatoms. The van der Waals surface area contributed by atoms with Gasteiger partial charge < -0.3 is 10.1 Å². The molecule has 1 saturated heterocycles. The van der Waals surface area contributed by atoms with Crippen LogP contribution < -0.4 is 15.5 Å². The molecule has 2 aliphatic rings. The average molecular weight is 386 g/mol. The number of benzene rings is 1. The largest absolute Gasteiger partial charge is 0.497 e. The minimum absolute atomic E-state index is 0.0156. The van der Waals surface area contributed by atoms with Crippen LogP contribution in [0, 0.1) is 0 Å². The lowest BCUT2D eigenvalue weighted by Gasteiger charge is -2.29. The summed E-state index contributed by atoms with van der Waals surface area (Å²) in [6, 6.07) is 8.09. The second kappa shape index (κ2) is 9.59. The van der Waals surface area contributed by atoms with Crippen LogP contribution in [0.5, 0.6) is 5.75 Å². The third kappa shape index (κ3) is 5.04. The van der Waals surface area contributed by atoms with E-state index in [9.17, 15) is 9.59 Å². The third-order valence-corrected chi connectivity index (χ3v) is 5.44. The van der Waals surface area contributed by atoms with Crippen molar-refractivity contribution < 1.29 is 14.3 Å². The fourth-order valence-electron chi connectivity index (χ4n) is 3.76. The Kier molecular flexibility index (Phi) is 6.92. The highest BCUT2D eigenvalue weighted by atomic mass is 16.5. The van der Waals surface area contributed by atoms with Crippen LogP contribution in [-0.4, -0.2) is 61.1 Å². The first-order valence-electron chi connectivity index (χ1n) is 10.0. The van der Waals surface area contributed by atoms with Gasteiger partial charge in [0.2, 0.25) is 11.8 Å². The molecule has 2 aliphatic heterocycles. The van der Waals surface area contributed by atoms with E-state index in [0.717, 1.165) is 36.5 Å². The molecule has 2 amide bonds. The smallest absolute Gasteiger partial charge is 0.244 e. The summed E-state index contributed by atoms with van der Waals surface area (Å²) in [5.74, 6) is 0.741. The molecule has 0 saturated carbocycles. The predicted octanol–water partition coefficient (Wildman–Crippen LogP) is 1.76. The summed E-state index contributed by atoms with van der Waals surface area (Å²) in [4.78, 5) is 26.8. The van der Waals surface area contributed by atoms with Gasteiger partial charge in [0.15, 0.2) is 0 Å². The lowest BCUT2D eigenvalue weighted by molar-refractivity contribution is -0.133. The second-order valence-electron chi connectivity index (χ2n) is 7.19. The van der Waals surface area contributed by atoms with E-state index in [1.807, 2.05) is 30.3 Å². The topological polar surface area (TPSA) is 73.9 Å². The molecule has 0 spiro atoms. The van der Waals surface area contributed by atoms with Crippen molar-refractivity contribution >= 4 is 17.5 Å². The number of carbonyl (C=O) groups is 2. The van der Waals surface area contributed by atoms with Crippen molar-refractivity contribution in [3.05, 3.63) is 35.9 Å². The van der Waals surface area contributed by atoms with Crippen molar-refractivity contribution in [3.8, 4) is 5.75 Å². The monoisotopic (exact) mass is 386 g/mol. The number of carbonyl (C=O) groups excluding carboxylic acids is 2. The number of nitrogens with zero attached hydrogens (tertiary/aromatic N) is 2. The van der Waals surface area contributed by atoms with Gasteiger partial charge in [-0.3, -0.25) is 24.9 Å². The van der Waals surface area contributed by atoms with E-state index in [2.05, 4.69) is 22.6 Å². The summed E-state index contributed by atoms with van der Waals surface area (Å²) in [6.45, 7) is 5.32. The summed E-state index contributed by atoms with van der Waals surface area (Å²) in [6.07, 6.45) is 4.81. The van der Waals surface area contributed by atoms with Gasteiger partial charge in [0.1, 0.15) is 5.75 Å². The minimum atomic E-state index is -0.0296. The molecule has 1 unspecified atom stereocenters. The molecule has 0 radical (unpaired) electrons. The minimum Gasteiger partial charge on any atom is -0.497 e. The van der Waals surface area contributed by atoms with Crippen LogP contribution in [0.1, 0.15) is 38.2 Å². The van der Waals surface area contributed by atoms with Crippen molar-refractivity contribution in [2.24, 2.45) is 0 Å². The van der Waals surface area contributed by atoms with Gasteiger partial charge in [0.25, 0.3) is 0 Å². The van der Waals surface area contributed by atoms with Gasteiger partial charge in [0.05, 0.1) is 19.4 Å². The summed E-state index contributed by atoms with van der Waals surface area (Å²) < 4.78 is 5.18. The normalized spacial score (nSPS) is 19.9. The fraction of sp³-hybridized carbons (Fsp3) is 0.524. The van der Waals surface area contributed by atoms with E-state index in [4.69, 9.17) is 4.74 Å². The highest BCUT2D eigenvalue weighted by molar-refractivity contribution is 5.84. The van der Waals surface area contributed by atoms with Crippen LogP contribution in [0.25, 0.3) is 5.70 Å². The van der Waals surface area contributed by atoms with Gasteiger partial charge in [-0.1, -0.05) is 6.92 Å². The van der Waals surface area contributed by atoms with Gasteiger partial charge in [-0.25, -0.2) is 0 Å². The Bertz CT molecular complexity index is 717. The van der Waals surface area contributed by atoms with Crippen molar-refractivity contribution in [2.75, 3.05) is 33.3 Å². The Morgan fingerprint density at radius 1 is 1.32 bits per heavy atom. The molecular weight excluding hydrogens is 356 g/mol. The molecule has 0 bridgehead atoms. The van der Waals surface area contributed by atoms with Crippen molar-refractivity contribution in [1.29, 1.82) is 0 Å². The number of hydrogen-bond donors (Lipinski definition) is 2. The maximum atomic E-state index is 12.2. The van der Waals surface area contributed by atoms with Gasteiger partial charge >= 0.3 is 0 Å². The van der Waals surface area contributed by atoms with E-state index in [1.54, 1.807) is 7.11 Å². The first-order chi connectivity index (χ1) is 13.6. The number of hydrazine groups is 1. The number of amides is 2. The summed E-state index contributed by atoms with van der Waals surface area (Å²) in [7, 11) is 1.63. The summed E-state index contributed by atoms with van der Waals surface area (Å²) >= 11 is 0. The van der Waals surface area contributed by atoms with Gasteiger partial charge in [-0.2, -0.15) is 0 Å². The summed E-state index contributed by atoms with van der Waals surface area (Å²) in [5.41, 5.74) is 4.98. The Balaban J connectivity index is 1.47. The Morgan fingerprint density at radius 2 is 2.11 bits per heavy atom. The maximum absolute atomic E-state index is 12.2. The molecule has 1 fully saturated rings. The number of likely N-dealkylation sites (N-methyl/N-ethyl adjacent to an activating group) is 1. The zero-order valence-electron chi connectivity index (χ0n) is 16.7. The molecule has 152 valence electrons. The number of ether oxygens (including phenoxy) is 1.